The molecule has 41 heavy (non-hydrogen) atoms. The molecule has 0 spiro atoms. The molecule has 10 nitrogen and oxygen atoms in total. The number of amides is 2. The predicted octanol–water partition coefficient (Wildman–Crippen LogP) is 5.39. The zero-order valence-electron chi connectivity index (χ0n) is 22.1. The van der Waals surface area contributed by atoms with Gasteiger partial charge in [-0.05, 0) is 43.2 Å². The maximum Gasteiger partial charge on any atom is 0.416 e. The van der Waals surface area contributed by atoms with Crippen LogP contribution >= 0.6 is 27.7 Å². The first-order valence-electron chi connectivity index (χ1n) is 13.1. The van der Waals surface area contributed by atoms with Crippen LogP contribution in [0.2, 0.25) is 0 Å². The van der Waals surface area contributed by atoms with Gasteiger partial charge in [0.15, 0.2) is 0 Å². The third-order valence-corrected chi connectivity index (χ3v) is 8.53. The Morgan fingerprint density at radius 1 is 1.02 bits per heavy atom. The van der Waals surface area contributed by atoms with Gasteiger partial charge in [0.2, 0.25) is 0 Å². The second-order valence-electron chi connectivity index (χ2n) is 9.83. The lowest BCUT2D eigenvalue weighted by molar-refractivity contribution is -0.137. The fourth-order valence-electron chi connectivity index (χ4n) is 4.82. The van der Waals surface area contributed by atoms with Gasteiger partial charge in [0, 0.05) is 72.7 Å². The molecule has 2 aliphatic rings. The Bertz CT molecular complexity index is 1230. The van der Waals surface area contributed by atoms with Crippen molar-refractivity contribution in [3.63, 3.8) is 0 Å². The predicted molar refractivity (Wildman–Crippen MR) is 155 cm³/mol. The summed E-state index contributed by atoms with van der Waals surface area (Å²) >= 11 is 4.73. The average molecular weight is 662 g/mol. The zero-order valence-corrected chi connectivity index (χ0v) is 24.5. The number of benzene rings is 2. The fraction of sp³-hybridized carbons (Fsp3) is 0.462. The van der Waals surface area contributed by atoms with Gasteiger partial charge in [-0.2, -0.15) is 13.2 Å². The molecule has 15 heteroatoms. The minimum absolute atomic E-state index is 0.00687. The average Bonchev–Trinajstić information content (AvgIpc) is 2.90. The number of alkyl halides is 3. The Kier molecular flexibility index (Phi) is 10.5. The van der Waals surface area contributed by atoms with Crippen molar-refractivity contribution in [1.82, 2.24) is 20.4 Å². The Morgan fingerprint density at radius 3 is 2.29 bits per heavy atom. The lowest BCUT2D eigenvalue weighted by Crippen LogP contribution is -2.45. The van der Waals surface area contributed by atoms with Crippen LogP contribution in [-0.2, 0) is 6.18 Å². The summed E-state index contributed by atoms with van der Waals surface area (Å²) in [4.78, 5) is 27.1. The van der Waals surface area contributed by atoms with E-state index >= 15 is 0 Å². The van der Waals surface area contributed by atoms with Gasteiger partial charge in [-0.25, -0.2) is 9.59 Å². The molecule has 2 amide bonds. The molecule has 224 valence electrons. The Balaban J connectivity index is 1.36. The fourth-order valence-corrected chi connectivity index (χ4v) is 6.43. The number of rotatable bonds is 11. The summed E-state index contributed by atoms with van der Waals surface area (Å²) < 4.78 is 42.2. The molecule has 1 saturated heterocycles. The number of fused-ring (bicyclic) bond motifs is 2. The molecule has 2 aromatic carbocycles. The molecule has 6 N–H and O–H groups in total. The number of hydrogen-bond acceptors (Lipinski definition) is 7. The van der Waals surface area contributed by atoms with Crippen molar-refractivity contribution < 1.29 is 33.0 Å². The molecule has 0 atom stereocenters. The van der Waals surface area contributed by atoms with Crippen molar-refractivity contribution in [3.05, 3.63) is 40.4 Å². The van der Waals surface area contributed by atoms with Crippen LogP contribution in [0.4, 0.5) is 39.8 Å². The Hall–Kier alpha value is -2.88. The van der Waals surface area contributed by atoms with Gasteiger partial charge in [-0.15, -0.1) is 0 Å². The number of anilines is 3. The van der Waals surface area contributed by atoms with E-state index in [0.29, 0.717) is 42.4 Å². The summed E-state index contributed by atoms with van der Waals surface area (Å²) in [5, 5.41) is 29.0. The summed E-state index contributed by atoms with van der Waals surface area (Å²) in [6.45, 7) is 4.15. The SMILES string of the molecule is O=C(O)NCCN(CCNC(=O)O)CCN1CCC(Nc2cc(C(F)(F)F)cc3c2Nc2ccc(Br)cc2S3)CC1. The first kappa shape index (κ1) is 31.1. The van der Waals surface area contributed by atoms with E-state index in [1.807, 2.05) is 23.1 Å². The number of piperidine rings is 1. The van der Waals surface area contributed by atoms with Crippen molar-refractivity contribution in [2.24, 2.45) is 0 Å². The van der Waals surface area contributed by atoms with E-state index in [1.165, 1.54) is 23.9 Å². The van der Waals surface area contributed by atoms with E-state index in [-0.39, 0.29) is 19.1 Å². The van der Waals surface area contributed by atoms with Crippen molar-refractivity contribution >= 4 is 56.9 Å². The third-order valence-electron chi connectivity index (χ3n) is 6.94. The summed E-state index contributed by atoms with van der Waals surface area (Å²) in [6.07, 6.45) is -5.22. The number of nitrogens with one attached hydrogen (secondary N) is 4. The minimum atomic E-state index is -4.47. The normalized spacial score (nSPS) is 15.5. The zero-order chi connectivity index (χ0) is 29.6. The molecule has 0 radical (unpaired) electrons. The quantitative estimate of drug-likeness (QED) is 0.160. The number of halogens is 4. The van der Waals surface area contributed by atoms with Crippen LogP contribution < -0.4 is 21.3 Å². The molecular weight excluding hydrogens is 629 g/mol. The van der Waals surface area contributed by atoms with Gasteiger partial charge in [0.1, 0.15) is 0 Å². The highest BCUT2D eigenvalue weighted by atomic mass is 79.9. The largest absolute Gasteiger partial charge is 0.465 e. The van der Waals surface area contributed by atoms with E-state index in [4.69, 9.17) is 10.2 Å². The van der Waals surface area contributed by atoms with Crippen molar-refractivity contribution in [1.29, 1.82) is 0 Å². The van der Waals surface area contributed by atoms with Crippen LogP contribution in [0.5, 0.6) is 0 Å². The lowest BCUT2D eigenvalue weighted by atomic mass is 10.0. The highest BCUT2D eigenvalue weighted by Crippen LogP contribution is 2.50. The van der Waals surface area contributed by atoms with Gasteiger partial charge in [-0.1, -0.05) is 27.7 Å². The van der Waals surface area contributed by atoms with Crippen molar-refractivity contribution in [2.45, 2.75) is 34.9 Å². The maximum atomic E-state index is 13.8. The Labute approximate surface area is 248 Å². The van der Waals surface area contributed by atoms with Gasteiger partial charge in [0.05, 0.1) is 22.6 Å². The first-order valence-corrected chi connectivity index (χ1v) is 14.7. The number of hydrogen-bond donors (Lipinski definition) is 6. The van der Waals surface area contributed by atoms with E-state index < -0.39 is 23.9 Å². The molecule has 2 aliphatic heterocycles. The second-order valence-corrected chi connectivity index (χ2v) is 11.8. The van der Waals surface area contributed by atoms with Gasteiger partial charge in [0.25, 0.3) is 0 Å². The number of carbonyl (C=O) groups is 2. The molecule has 4 rings (SSSR count). The molecule has 0 saturated carbocycles. The van der Waals surface area contributed by atoms with E-state index in [0.717, 1.165) is 41.0 Å². The topological polar surface area (TPSA) is 129 Å². The number of nitrogens with zero attached hydrogens (tertiary/aromatic N) is 2. The van der Waals surface area contributed by atoms with Crippen LogP contribution in [-0.4, -0.2) is 90.6 Å². The molecule has 2 aromatic rings. The second kappa shape index (κ2) is 13.9. The van der Waals surface area contributed by atoms with E-state index in [2.05, 4.69) is 42.1 Å². The van der Waals surface area contributed by atoms with E-state index in [1.54, 1.807) is 0 Å². The number of carboxylic acid groups (broad SMARTS) is 2. The Morgan fingerprint density at radius 2 is 1.68 bits per heavy atom. The molecular formula is C26H32BrF3N6O4S. The van der Waals surface area contributed by atoms with Crippen LogP contribution in [0.3, 0.4) is 0 Å². The molecule has 0 unspecified atom stereocenters. The van der Waals surface area contributed by atoms with Crippen LogP contribution in [0.15, 0.2) is 44.6 Å². The van der Waals surface area contributed by atoms with Gasteiger partial charge >= 0.3 is 18.4 Å². The van der Waals surface area contributed by atoms with Gasteiger partial charge < -0.3 is 36.4 Å². The summed E-state index contributed by atoms with van der Waals surface area (Å²) in [7, 11) is 0. The van der Waals surface area contributed by atoms with Crippen LogP contribution in [0.1, 0.15) is 18.4 Å². The van der Waals surface area contributed by atoms with Crippen LogP contribution in [0, 0.1) is 0 Å². The van der Waals surface area contributed by atoms with Gasteiger partial charge in [-0.3, -0.25) is 4.90 Å². The first-order chi connectivity index (χ1) is 19.5. The summed E-state index contributed by atoms with van der Waals surface area (Å²) in [6, 6.07) is 8.02. The van der Waals surface area contributed by atoms with Crippen LogP contribution in [0.25, 0.3) is 0 Å². The molecule has 1 fully saturated rings. The molecule has 0 aliphatic carbocycles. The minimum Gasteiger partial charge on any atom is -0.465 e. The van der Waals surface area contributed by atoms with Crippen molar-refractivity contribution in [2.75, 3.05) is 63.0 Å². The van der Waals surface area contributed by atoms with Crippen molar-refractivity contribution in [3.8, 4) is 0 Å². The molecule has 2 heterocycles. The lowest BCUT2D eigenvalue weighted by Gasteiger charge is -2.35. The summed E-state index contributed by atoms with van der Waals surface area (Å²) in [5.74, 6) is 0. The smallest absolute Gasteiger partial charge is 0.416 e. The highest BCUT2D eigenvalue weighted by molar-refractivity contribution is 9.10. The van der Waals surface area contributed by atoms with E-state index in [9.17, 15) is 22.8 Å². The number of likely N-dealkylation sites (tertiary alicyclic amines) is 1. The summed E-state index contributed by atoms with van der Waals surface area (Å²) in [5.41, 5.74) is 1.21. The molecule has 0 aromatic heterocycles. The monoisotopic (exact) mass is 660 g/mol. The third kappa shape index (κ3) is 9.05. The maximum absolute atomic E-state index is 13.8. The molecule has 0 bridgehead atoms. The highest BCUT2D eigenvalue weighted by Gasteiger charge is 2.34. The standard InChI is InChI=1S/C26H32BrF3N6O4S/c27-17-1-2-19-21(15-17)41-22-14-16(26(28,29)30)13-20(23(22)34-19)33-18-3-7-35(8-4-18)11-12-36(9-5-31-24(37)38)10-6-32-25(39)40/h1-2,13-15,18,31-34H,3-12H2,(H,37,38)(H,39,40).